The molecule has 5 heteroatoms. The first-order chi connectivity index (χ1) is 19.2. The van der Waals surface area contributed by atoms with Gasteiger partial charge < -0.3 is 4.40 Å². The Morgan fingerprint density at radius 1 is 0.564 bits per heavy atom. The summed E-state index contributed by atoms with van der Waals surface area (Å²) >= 11 is 0. The summed E-state index contributed by atoms with van der Waals surface area (Å²) in [6, 6.07) is 38.6. The van der Waals surface area contributed by atoms with Crippen LogP contribution in [0.1, 0.15) is 11.1 Å². The Kier molecular flexibility index (Phi) is 4.30. The fourth-order valence-electron chi connectivity index (χ4n) is 5.89. The van der Waals surface area contributed by atoms with E-state index in [-0.39, 0.29) is 0 Å². The molecule has 5 aromatic carbocycles. The summed E-state index contributed by atoms with van der Waals surface area (Å²) in [6.45, 7) is 0. The molecule has 5 nitrogen and oxygen atoms in total. The van der Waals surface area contributed by atoms with Crippen LogP contribution in [-0.4, -0.2) is 14.4 Å². The van der Waals surface area contributed by atoms with Gasteiger partial charge in [0.25, 0.3) is 0 Å². The third-order valence-electron chi connectivity index (χ3n) is 7.56. The lowest BCUT2D eigenvalue weighted by Crippen LogP contribution is -1.96. The van der Waals surface area contributed by atoms with Crippen LogP contribution in [0.15, 0.2) is 103 Å². The third kappa shape index (κ3) is 2.93. The molecule has 8 aromatic rings. The first-order valence-corrected chi connectivity index (χ1v) is 12.6. The normalized spacial score (nSPS) is 11.5. The van der Waals surface area contributed by atoms with Crippen molar-refractivity contribution >= 4 is 49.0 Å². The van der Waals surface area contributed by atoms with E-state index in [1.54, 1.807) is 0 Å². The molecule has 8 rings (SSSR count). The molecular formula is C34H17N5. The molecule has 39 heavy (non-hydrogen) atoms. The molecule has 0 bridgehead atoms. The molecule has 0 spiro atoms. The first kappa shape index (κ1) is 21.3. The molecule has 0 saturated heterocycles. The van der Waals surface area contributed by atoms with Gasteiger partial charge in [-0.15, -0.1) is 0 Å². The van der Waals surface area contributed by atoms with Crippen LogP contribution in [-0.2, 0) is 0 Å². The molecule has 0 aliphatic carbocycles. The van der Waals surface area contributed by atoms with E-state index >= 15 is 0 Å². The van der Waals surface area contributed by atoms with Crippen LogP contribution in [0.5, 0.6) is 0 Å². The topological polar surface area (TPSA) is 77.8 Å². The molecule has 0 aliphatic heterocycles. The summed E-state index contributed by atoms with van der Waals surface area (Å²) in [5.41, 5.74) is 7.77. The maximum Gasteiger partial charge on any atom is 0.160 e. The highest BCUT2D eigenvalue weighted by Gasteiger charge is 2.24. The van der Waals surface area contributed by atoms with Crippen molar-refractivity contribution in [2.24, 2.45) is 0 Å². The molecule has 178 valence electrons. The van der Waals surface area contributed by atoms with Crippen molar-refractivity contribution < 1.29 is 0 Å². The van der Waals surface area contributed by atoms with Crippen molar-refractivity contribution in [3.8, 4) is 34.8 Å². The van der Waals surface area contributed by atoms with Crippen molar-refractivity contribution in [3.63, 3.8) is 0 Å². The molecule has 0 fully saturated rings. The van der Waals surface area contributed by atoms with Crippen LogP contribution in [0.2, 0.25) is 0 Å². The van der Waals surface area contributed by atoms with Gasteiger partial charge in [0.1, 0.15) is 0 Å². The smallest absolute Gasteiger partial charge is 0.160 e. The highest BCUT2D eigenvalue weighted by Crippen LogP contribution is 2.45. The highest BCUT2D eigenvalue weighted by atomic mass is 14.9. The van der Waals surface area contributed by atoms with Crippen molar-refractivity contribution in [1.82, 2.24) is 14.4 Å². The van der Waals surface area contributed by atoms with E-state index < -0.39 is 0 Å². The molecule has 0 saturated carbocycles. The Balaban J connectivity index is 1.66. The van der Waals surface area contributed by atoms with E-state index in [4.69, 9.17) is 9.97 Å². The van der Waals surface area contributed by atoms with Crippen LogP contribution in [0.25, 0.3) is 71.6 Å². The van der Waals surface area contributed by atoms with Gasteiger partial charge in [0.2, 0.25) is 0 Å². The van der Waals surface area contributed by atoms with Crippen LogP contribution >= 0.6 is 0 Å². The van der Waals surface area contributed by atoms with Crippen molar-refractivity contribution in [2.45, 2.75) is 0 Å². The molecule has 0 amide bonds. The molecule has 0 radical (unpaired) electrons. The number of nitrogens with zero attached hydrogens (tertiary/aromatic N) is 5. The average molecular weight is 496 g/mol. The number of nitriles is 2. The molecular weight excluding hydrogens is 478 g/mol. The summed E-state index contributed by atoms with van der Waals surface area (Å²) in [6.07, 6.45) is 0. The average Bonchev–Trinajstić information content (AvgIpc) is 3.51. The predicted octanol–water partition coefficient (Wildman–Crippen LogP) is 7.86. The molecule has 0 unspecified atom stereocenters. The van der Waals surface area contributed by atoms with Crippen molar-refractivity contribution in [3.05, 3.63) is 114 Å². The lowest BCUT2D eigenvalue weighted by atomic mass is 9.98. The minimum atomic E-state index is 0.586. The summed E-state index contributed by atoms with van der Waals surface area (Å²) in [4.78, 5) is 10.3. The zero-order chi connectivity index (χ0) is 26.1. The number of fused-ring (bicyclic) bond motifs is 8. The fourth-order valence-corrected chi connectivity index (χ4v) is 5.89. The van der Waals surface area contributed by atoms with E-state index in [2.05, 4.69) is 34.7 Å². The molecule has 0 aliphatic rings. The van der Waals surface area contributed by atoms with Gasteiger partial charge in [-0.1, -0.05) is 72.8 Å². The van der Waals surface area contributed by atoms with Crippen LogP contribution in [0.4, 0.5) is 0 Å². The second-order valence-corrected chi connectivity index (χ2v) is 9.69. The standard InChI is InChI=1S/C34H17N5/c35-18-20-11-13-24-26-17-27-31(30-25-14-12-21(19-36)16-29(25)39(33(26)30)28(24)15-20)32(22-7-3-1-4-8-22)38-34(37-27)23-9-5-2-6-10-23/h1-17H. The Morgan fingerprint density at radius 3 is 1.85 bits per heavy atom. The van der Waals surface area contributed by atoms with E-state index in [0.717, 1.165) is 65.8 Å². The van der Waals surface area contributed by atoms with E-state index in [1.165, 1.54) is 0 Å². The quantitative estimate of drug-likeness (QED) is 0.245. The second-order valence-electron chi connectivity index (χ2n) is 9.69. The van der Waals surface area contributed by atoms with Crippen LogP contribution in [0.3, 0.4) is 0 Å². The number of aromatic nitrogens is 3. The summed E-state index contributed by atoms with van der Waals surface area (Å²) in [5.74, 6) is 0.669. The van der Waals surface area contributed by atoms with Gasteiger partial charge in [0.05, 0.1) is 51.0 Å². The molecule has 0 N–H and O–H groups in total. The highest BCUT2D eigenvalue weighted by molar-refractivity contribution is 6.32. The fraction of sp³-hybridized carbons (Fsp3) is 0. The summed E-state index contributed by atoms with van der Waals surface area (Å²) in [7, 11) is 0. The number of benzene rings is 5. The Labute approximate surface area is 222 Å². The number of hydrogen-bond donors (Lipinski definition) is 0. The van der Waals surface area contributed by atoms with Crippen LogP contribution < -0.4 is 0 Å². The monoisotopic (exact) mass is 495 g/mol. The molecule has 3 heterocycles. The predicted molar refractivity (Wildman–Crippen MR) is 154 cm³/mol. The maximum atomic E-state index is 9.71. The molecule has 3 aromatic heterocycles. The minimum Gasteiger partial charge on any atom is -0.308 e. The third-order valence-corrected chi connectivity index (χ3v) is 7.56. The van der Waals surface area contributed by atoms with Gasteiger partial charge in [-0.05, 0) is 30.3 Å². The van der Waals surface area contributed by atoms with E-state index in [1.807, 2.05) is 84.9 Å². The van der Waals surface area contributed by atoms with Gasteiger partial charge in [-0.3, -0.25) is 0 Å². The number of hydrogen-bond acceptors (Lipinski definition) is 4. The molecule has 0 atom stereocenters. The SMILES string of the molecule is N#Cc1ccc2c3cc4nc(-c5ccccc5)nc(-c5ccccc5)c4c4c5ccc(C#N)cc5n(c2c1)c34. The zero-order valence-corrected chi connectivity index (χ0v) is 20.6. The van der Waals surface area contributed by atoms with Gasteiger partial charge in [0, 0.05) is 38.1 Å². The zero-order valence-electron chi connectivity index (χ0n) is 20.6. The van der Waals surface area contributed by atoms with Gasteiger partial charge in [-0.2, -0.15) is 10.5 Å². The van der Waals surface area contributed by atoms with Crippen LogP contribution in [0, 0.1) is 22.7 Å². The van der Waals surface area contributed by atoms with E-state index in [9.17, 15) is 10.5 Å². The van der Waals surface area contributed by atoms with Gasteiger partial charge in [-0.25, -0.2) is 9.97 Å². The largest absolute Gasteiger partial charge is 0.308 e. The summed E-state index contributed by atoms with van der Waals surface area (Å²) in [5, 5.41) is 24.5. The van der Waals surface area contributed by atoms with Crippen molar-refractivity contribution in [1.29, 1.82) is 10.5 Å². The first-order valence-electron chi connectivity index (χ1n) is 12.6. The Hall–Kier alpha value is -5.78. The van der Waals surface area contributed by atoms with E-state index in [0.29, 0.717) is 17.0 Å². The van der Waals surface area contributed by atoms with Gasteiger partial charge >= 0.3 is 0 Å². The minimum absolute atomic E-state index is 0.586. The maximum absolute atomic E-state index is 9.71. The Morgan fingerprint density at radius 2 is 1.18 bits per heavy atom. The lowest BCUT2D eigenvalue weighted by molar-refractivity contribution is 1.23. The second kappa shape index (κ2) is 7.86. The number of rotatable bonds is 2. The Bertz CT molecular complexity index is 2340. The van der Waals surface area contributed by atoms with Crippen molar-refractivity contribution in [2.75, 3.05) is 0 Å². The summed E-state index contributed by atoms with van der Waals surface area (Å²) < 4.78 is 2.19. The van der Waals surface area contributed by atoms with Gasteiger partial charge in [0.15, 0.2) is 5.82 Å². The lowest BCUT2D eigenvalue weighted by Gasteiger charge is -2.11.